The summed E-state index contributed by atoms with van der Waals surface area (Å²) >= 11 is 3.05. The van der Waals surface area contributed by atoms with Crippen molar-refractivity contribution in [2.45, 2.75) is 6.92 Å². The Morgan fingerprint density at radius 1 is 1.37 bits per heavy atom. The number of aromatic nitrogens is 1. The number of hydrogen-bond acceptors (Lipinski definition) is 2. The van der Waals surface area contributed by atoms with Gasteiger partial charge in [-0.15, -0.1) is 0 Å². The lowest BCUT2D eigenvalue weighted by Crippen LogP contribution is -2.19. The lowest BCUT2D eigenvalue weighted by atomic mass is 10.2. The number of pyridine rings is 1. The van der Waals surface area contributed by atoms with E-state index in [9.17, 15) is 14.0 Å². The monoisotopic (exact) mass is 325 g/mol. The average molecular weight is 326 g/mol. The Morgan fingerprint density at radius 3 is 2.68 bits per heavy atom. The molecule has 1 heterocycles. The first-order valence-electron chi connectivity index (χ1n) is 5.32. The first-order chi connectivity index (χ1) is 8.90. The molecule has 0 saturated carbocycles. The van der Waals surface area contributed by atoms with Crippen molar-refractivity contribution >= 4 is 21.9 Å². The average Bonchev–Trinajstić information content (AvgIpc) is 2.34. The summed E-state index contributed by atoms with van der Waals surface area (Å²) in [5, 5.41) is 8.92. The molecule has 0 aliphatic heterocycles. The fourth-order valence-corrected chi connectivity index (χ4v) is 2.16. The van der Waals surface area contributed by atoms with Crippen LogP contribution in [-0.4, -0.2) is 15.6 Å². The Bertz CT molecular complexity index is 724. The lowest BCUT2D eigenvalue weighted by molar-refractivity contribution is 0.0696. The molecule has 6 heteroatoms. The Labute approximate surface area is 116 Å². The van der Waals surface area contributed by atoms with Gasteiger partial charge in [-0.25, -0.2) is 9.18 Å². The summed E-state index contributed by atoms with van der Waals surface area (Å²) in [6, 6.07) is 5.07. The number of hydrogen-bond donors (Lipinski definition) is 1. The van der Waals surface area contributed by atoms with Gasteiger partial charge in [-0.05, 0) is 46.6 Å². The molecule has 2 rings (SSSR count). The van der Waals surface area contributed by atoms with E-state index in [0.717, 1.165) is 10.6 Å². The van der Waals surface area contributed by atoms with E-state index in [2.05, 4.69) is 15.9 Å². The third-order valence-electron chi connectivity index (χ3n) is 2.66. The fourth-order valence-electron chi connectivity index (χ4n) is 1.70. The Balaban J connectivity index is 2.71. The van der Waals surface area contributed by atoms with E-state index in [1.807, 2.05) is 0 Å². The van der Waals surface area contributed by atoms with E-state index in [-0.39, 0.29) is 10.0 Å². The van der Waals surface area contributed by atoms with Gasteiger partial charge in [0.15, 0.2) is 0 Å². The molecular formula is C13H9BrFNO3. The lowest BCUT2D eigenvalue weighted by Gasteiger charge is -2.10. The second-order valence-corrected chi connectivity index (χ2v) is 4.84. The zero-order valence-electron chi connectivity index (χ0n) is 9.85. The first kappa shape index (κ1) is 13.5. The second kappa shape index (κ2) is 4.97. The maximum absolute atomic E-state index is 13.6. The van der Waals surface area contributed by atoms with Gasteiger partial charge in [-0.2, -0.15) is 0 Å². The number of halogens is 2. The molecule has 0 atom stereocenters. The van der Waals surface area contributed by atoms with Crippen LogP contribution in [0.2, 0.25) is 0 Å². The smallest absolute Gasteiger partial charge is 0.337 e. The van der Waals surface area contributed by atoms with Crippen LogP contribution in [0.15, 0.2) is 39.7 Å². The minimum absolute atomic E-state index is 0.0395. The van der Waals surface area contributed by atoms with Crippen LogP contribution in [0.4, 0.5) is 4.39 Å². The van der Waals surface area contributed by atoms with E-state index in [1.165, 1.54) is 24.4 Å². The number of rotatable bonds is 2. The van der Waals surface area contributed by atoms with Crippen LogP contribution in [0.5, 0.6) is 0 Å². The molecular weight excluding hydrogens is 317 g/mol. The maximum Gasteiger partial charge on any atom is 0.337 e. The summed E-state index contributed by atoms with van der Waals surface area (Å²) in [6.45, 7) is 1.71. The van der Waals surface area contributed by atoms with Gasteiger partial charge < -0.3 is 5.11 Å². The van der Waals surface area contributed by atoms with E-state index < -0.39 is 17.3 Å². The zero-order chi connectivity index (χ0) is 14.2. The van der Waals surface area contributed by atoms with Gasteiger partial charge >= 0.3 is 5.97 Å². The van der Waals surface area contributed by atoms with Crippen molar-refractivity contribution in [1.29, 1.82) is 0 Å². The Kier molecular flexibility index (Phi) is 3.53. The van der Waals surface area contributed by atoms with Crippen molar-refractivity contribution in [2.24, 2.45) is 0 Å². The van der Waals surface area contributed by atoms with Gasteiger partial charge in [-0.3, -0.25) is 9.36 Å². The molecule has 1 aromatic carbocycles. The van der Waals surface area contributed by atoms with Gasteiger partial charge in [0.1, 0.15) is 5.82 Å². The van der Waals surface area contributed by atoms with Crippen LogP contribution in [0, 0.1) is 12.7 Å². The van der Waals surface area contributed by atoms with Crippen molar-refractivity contribution in [1.82, 2.24) is 4.57 Å². The summed E-state index contributed by atoms with van der Waals surface area (Å²) < 4.78 is 15.0. The quantitative estimate of drug-likeness (QED) is 0.923. The number of carboxylic acid groups (broad SMARTS) is 1. The van der Waals surface area contributed by atoms with Crippen molar-refractivity contribution in [3.63, 3.8) is 0 Å². The second-order valence-electron chi connectivity index (χ2n) is 3.98. The number of aryl methyl sites for hydroxylation is 1. The van der Waals surface area contributed by atoms with Gasteiger partial charge in [0, 0.05) is 12.3 Å². The minimum Gasteiger partial charge on any atom is -0.478 e. The molecule has 0 bridgehead atoms. The number of carboxylic acids is 1. The maximum atomic E-state index is 13.6. The number of benzene rings is 1. The molecule has 0 saturated heterocycles. The zero-order valence-corrected chi connectivity index (χ0v) is 11.4. The summed E-state index contributed by atoms with van der Waals surface area (Å²) in [4.78, 5) is 22.7. The molecule has 0 unspecified atom stereocenters. The number of aromatic carboxylic acids is 1. The Morgan fingerprint density at radius 2 is 2.05 bits per heavy atom. The summed E-state index contributed by atoms with van der Waals surface area (Å²) in [6.07, 6.45) is 1.18. The molecule has 2 aromatic rings. The number of nitrogens with zero attached hydrogens (tertiary/aromatic N) is 1. The highest BCUT2D eigenvalue weighted by molar-refractivity contribution is 9.10. The Hall–Kier alpha value is -1.95. The van der Waals surface area contributed by atoms with Gasteiger partial charge in [0.25, 0.3) is 5.56 Å². The largest absolute Gasteiger partial charge is 0.478 e. The molecule has 0 fully saturated rings. The predicted octanol–water partition coefficient (Wildman–Crippen LogP) is 2.75. The SMILES string of the molecule is Cc1cc(Br)c(F)cc1-n1cc(C(=O)O)ccc1=O. The van der Waals surface area contributed by atoms with Crippen molar-refractivity contribution in [3.8, 4) is 5.69 Å². The van der Waals surface area contributed by atoms with Gasteiger partial charge in [0.05, 0.1) is 15.7 Å². The highest BCUT2D eigenvalue weighted by atomic mass is 79.9. The summed E-state index contributed by atoms with van der Waals surface area (Å²) in [5.74, 6) is -1.67. The summed E-state index contributed by atoms with van der Waals surface area (Å²) in [7, 11) is 0. The molecule has 4 nitrogen and oxygen atoms in total. The van der Waals surface area contributed by atoms with E-state index in [0.29, 0.717) is 11.3 Å². The minimum atomic E-state index is -1.15. The molecule has 98 valence electrons. The van der Waals surface area contributed by atoms with Crippen LogP contribution < -0.4 is 5.56 Å². The van der Waals surface area contributed by atoms with Crippen LogP contribution >= 0.6 is 15.9 Å². The highest BCUT2D eigenvalue weighted by Crippen LogP contribution is 2.22. The first-order valence-corrected chi connectivity index (χ1v) is 6.11. The fraction of sp³-hybridized carbons (Fsp3) is 0.0769. The van der Waals surface area contributed by atoms with Crippen molar-refractivity contribution < 1.29 is 14.3 Å². The molecule has 0 aliphatic carbocycles. The van der Waals surface area contributed by atoms with Crippen LogP contribution in [-0.2, 0) is 0 Å². The molecule has 0 radical (unpaired) electrons. The van der Waals surface area contributed by atoms with E-state index >= 15 is 0 Å². The van der Waals surface area contributed by atoms with Crippen LogP contribution in [0.1, 0.15) is 15.9 Å². The highest BCUT2D eigenvalue weighted by Gasteiger charge is 2.11. The van der Waals surface area contributed by atoms with Gasteiger partial charge in [-0.1, -0.05) is 0 Å². The van der Waals surface area contributed by atoms with Crippen LogP contribution in [0.25, 0.3) is 5.69 Å². The van der Waals surface area contributed by atoms with Gasteiger partial charge in [0.2, 0.25) is 0 Å². The summed E-state index contributed by atoms with van der Waals surface area (Å²) in [5.41, 5.74) is 0.504. The molecule has 0 spiro atoms. The normalized spacial score (nSPS) is 10.5. The topological polar surface area (TPSA) is 59.3 Å². The molecule has 19 heavy (non-hydrogen) atoms. The molecule has 0 amide bonds. The van der Waals surface area contributed by atoms with Crippen molar-refractivity contribution in [2.75, 3.05) is 0 Å². The predicted molar refractivity (Wildman–Crippen MR) is 71.4 cm³/mol. The van der Waals surface area contributed by atoms with E-state index in [1.54, 1.807) is 6.92 Å². The third-order valence-corrected chi connectivity index (χ3v) is 3.26. The van der Waals surface area contributed by atoms with Crippen LogP contribution in [0.3, 0.4) is 0 Å². The molecule has 1 aromatic heterocycles. The molecule has 1 N–H and O–H groups in total. The standard InChI is InChI=1S/C13H9BrFNO3/c1-7-4-9(14)10(15)5-11(7)16-6-8(13(18)19)2-3-12(16)17/h2-6H,1H3,(H,18,19). The molecule has 0 aliphatic rings. The van der Waals surface area contributed by atoms with Crippen molar-refractivity contribution in [3.05, 3.63) is 62.2 Å². The third kappa shape index (κ3) is 2.58. The van der Waals surface area contributed by atoms with E-state index in [4.69, 9.17) is 5.11 Å². The number of carbonyl (C=O) groups is 1.